The third kappa shape index (κ3) is 4.40. The Morgan fingerprint density at radius 3 is 2.64 bits per heavy atom. The summed E-state index contributed by atoms with van der Waals surface area (Å²) in [5.74, 6) is 1.33. The number of nitrogens with one attached hydrogen (secondary N) is 1. The first-order valence-electron chi connectivity index (χ1n) is 6.84. The van der Waals surface area contributed by atoms with Crippen LogP contribution in [-0.4, -0.2) is 20.1 Å². The predicted octanol–water partition coefficient (Wildman–Crippen LogP) is 3.22. The van der Waals surface area contributed by atoms with Crippen LogP contribution in [-0.2, 0) is 17.8 Å². The second kappa shape index (κ2) is 7.71. The van der Waals surface area contributed by atoms with Gasteiger partial charge in [0.25, 0.3) is 0 Å². The number of ether oxygens (including phenoxy) is 2. The Morgan fingerprint density at radius 1 is 1.14 bits per heavy atom. The van der Waals surface area contributed by atoms with Crippen LogP contribution < -0.4 is 14.8 Å². The van der Waals surface area contributed by atoms with E-state index < -0.39 is 0 Å². The third-order valence-electron chi connectivity index (χ3n) is 3.22. The normalized spacial score (nSPS) is 10.1. The first-order chi connectivity index (χ1) is 10.6. The Kier molecular flexibility index (Phi) is 5.67. The molecule has 0 fully saturated rings. The summed E-state index contributed by atoms with van der Waals surface area (Å²) in [6, 6.07) is 12.8. The van der Waals surface area contributed by atoms with E-state index in [-0.39, 0.29) is 5.91 Å². The van der Waals surface area contributed by atoms with Gasteiger partial charge in [-0.15, -0.1) is 0 Å². The molecule has 0 atom stereocenters. The zero-order valence-electron chi connectivity index (χ0n) is 12.6. The first kappa shape index (κ1) is 16.2. The third-order valence-corrected chi connectivity index (χ3v) is 3.46. The lowest BCUT2D eigenvalue weighted by Gasteiger charge is -2.11. The van der Waals surface area contributed by atoms with Crippen molar-refractivity contribution in [1.29, 1.82) is 0 Å². The molecule has 0 unspecified atom stereocenters. The van der Waals surface area contributed by atoms with Gasteiger partial charge in [-0.2, -0.15) is 0 Å². The molecule has 4 nitrogen and oxygen atoms in total. The lowest BCUT2D eigenvalue weighted by atomic mass is 10.1. The molecule has 2 aromatic rings. The fraction of sp³-hybridized carbons (Fsp3) is 0.235. The van der Waals surface area contributed by atoms with Crippen molar-refractivity contribution in [2.24, 2.45) is 0 Å². The van der Waals surface area contributed by atoms with Gasteiger partial charge in [-0.1, -0.05) is 23.7 Å². The van der Waals surface area contributed by atoms with Crippen LogP contribution in [0.4, 0.5) is 0 Å². The summed E-state index contributed by atoms with van der Waals surface area (Å²) in [6.07, 6.45) is 0.291. The number of amides is 1. The van der Waals surface area contributed by atoms with Crippen molar-refractivity contribution < 1.29 is 14.3 Å². The van der Waals surface area contributed by atoms with Gasteiger partial charge in [0.1, 0.15) is 11.5 Å². The summed E-state index contributed by atoms with van der Waals surface area (Å²) >= 11 is 5.91. The van der Waals surface area contributed by atoms with Crippen LogP contribution >= 0.6 is 11.6 Å². The highest BCUT2D eigenvalue weighted by Crippen LogP contribution is 2.24. The van der Waals surface area contributed by atoms with Crippen molar-refractivity contribution >= 4 is 17.5 Å². The molecule has 116 valence electrons. The van der Waals surface area contributed by atoms with Gasteiger partial charge in [0.15, 0.2) is 0 Å². The van der Waals surface area contributed by atoms with Gasteiger partial charge in [0.2, 0.25) is 5.91 Å². The zero-order valence-corrected chi connectivity index (χ0v) is 13.3. The Hall–Kier alpha value is -2.20. The van der Waals surface area contributed by atoms with Crippen LogP contribution in [0.25, 0.3) is 0 Å². The summed E-state index contributed by atoms with van der Waals surface area (Å²) in [5, 5.41) is 3.50. The van der Waals surface area contributed by atoms with Crippen molar-refractivity contribution in [2.75, 3.05) is 14.2 Å². The maximum absolute atomic E-state index is 12.0. The molecule has 2 aromatic carbocycles. The number of carbonyl (C=O) groups excluding carboxylic acids is 1. The lowest BCUT2D eigenvalue weighted by molar-refractivity contribution is -0.120. The van der Waals surface area contributed by atoms with E-state index in [1.807, 2.05) is 24.3 Å². The molecule has 0 saturated heterocycles. The highest BCUT2D eigenvalue weighted by Gasteiger charge is 2.08. The van der Waals surface area contributed by atoms with Gasteiger partial charge in [0.05, 0.1) is 20.6 Å². The van der Waals surface area contributed by atoms with Crippen molar-refractivity contribution in [2.45, 2.75) is 13.0 Å². The fourth-order valence-corrected chi connectivity index (χ4v) is 2.30. The van der Waals surface area contributed by atoms with E-state index in [0.29, 0.717) is 29.5 Å². The van der Waals surface area contributed by atoms with Gasteiger partial charge in [-0.25, -0.2) is 0 Å². The van der Waals surface area contributed by atoms with Crippen LogP contribution in [0.2, 0.25) is 5.02 Å². The summed E-state index contributed by atoms with van der Waals surface area (Å²) in [4.78, 5) is 12.0. The van der Waals surface area contributed by atoms with Crippen molar-refractivity contribution in [3.63, 3.8) is 0 Å². The fourth-order valence-electron chi connectivity index (χ4n) is 2.09. The van der Waals surface area contributed by atoms with Gasteiger partial charge in [-0.3, -0.25) is 4.79 Å². The molecular weight excluding hydrogens is 302 g/mol. The topological polar surface area (TPSA) is 47.6 Å². The van der Waals surface area contributed by atoms with Gasteiger partial charge >= 0.3 is 0 Å². The van der Waals surface area contributed by atoms with Crippen molar-refractivity contribution in [3.8, 4) is 11.5 Å². The molecule has 0 heterocycles. The van der Waals surface area contributed by atoms with Crippen LogP contribution in [0, 0.1) is 0 Å². The summed E-state index contributed by atoms with van der Waals surface area (Å²) < 4.78 is 10.5. The highest BCUT2D eigenvalue weighted by molar-refractivity contribution is 6.30. The molecule has 0 aliphatic rings. The molecule has 22 heavy (non-hydrogen) atoms. The van der Waals surface area contributed by atoms with Gasteiger partial charge in [-0.05, 0) is 29.8 Å². The van der Waals surface area contributed by atoms with Gasteiger partial charge in [0, 0.05) is 23.2 Å². The minimum absolute atomic E-state index is 0.0693. The van der Waals surface area contributed by atoms with E-state index in [2.05, 4.69) is 5.32 Å². The van der Waals surface area contributed by atoms with E-state index >= 15 is 0 Å². The van der Waals surface area contributed by atoms with E-state index in [9.17, 15) is 4.79 Å². The number of hydrogen-bond acceptors (Lipinski definition) is 3. The molecule has 2 rings (SSSR count). The minimum Gasteiger partial charge on any atom is -0.497 e. The molecule has 0 radical (unpaired) electrons. The molecule has 0 spiro atoms. The minimum atomic E-state index is -0.0693. The molecule has 0 aliphatic heterocycles. The van der Waals surface area contributed by atoms with Crippen molar-refractivity contribution in [1.82, 2.24) is 5.32 Å². The van der Waals surface area contributed by atoms with Gasteiger partial charge < -0.3 is 14.8 Å². The number of methoxy groups -OCH3 is 2. The highest BCUT2D eigenvalue weighted by atomic mass is 35.5. The Bertz CT molecular complexity index is 658. The smallest absolute Gasteiger partial charge is 0.224 e. The average molecular weight is 320 g/mol. The molecule has 0 bridgehead atoms. The average Bonchev–Trinajstić information content (AvgIpc) is 2.52. The van der Waals surface area contributed by atoms with E-state index in [0.717, 1.165) is 11.1 Å². The number of hydrogen-bond donors (Lipinski definition) is 1. The number of benzene rings is 2. The Labute approximate surface area is 135 Å². The van der Waals surface area contributed by atoms with Crippen LogP contribution in [0.1, 0.15) is 11.1 Å². The monoisotopic (exact) mass is 319 g/mol. The predicted molar refractivity (Wildman–Crippen MR) is 86.5 cm³/mol. The van der Waals surface area contributed by atoms with Crippen LogP contribution in [0.5, 0.6) is 11.5 Å². The Morgan fingerprint density at radius 2 is 1.95 bits per heavy atom. The van der Waals surface area contributed by atoms with E-state index in [1.165, 1.54) is 0 Å². The largest absolute Gasteiger partial charge is 0.497 e. The number of carbonyl (C=O) groups is 1. The summed E-state index contributed by atoms with van der Waals surface area (Å²) in [6.45, 7) is 0.395. The molecule has 0 aromatic heterocycles. The second-order valence-electron chi connectivity index (χ2n) is 4.76. The van der Waals surface area contributed by atoms with E-state index in [1.54, 1.807) is 32.4 Å². The molecular formula is C17H18ClNO3. The quantitative estimate of drug-likeness (QED) is 0.889. The lowest BCUT2D eigenvalue weighted by Crippen LogP contribution is -2.24. The molecule has 1 amide bonds. The standard InChI is InChI=1S/C17H18ClNO3/c1-21-15-7-6-13(16(10-15)22-2)11-19-17(20)9-12-4-3-5-14(18)8-12/h3-8,10H,9,11H2,1-2H3,(H,19,20). The van der Waals surface area contributed by atoms with Crippen LogP contribution in [0.15, 0.2) is 42.5 Å². The number of halogens is 1. The molecule has 5 heteroatoms. The van der Waals surface area contributed by atoms with Crippen molar-refractivity contribution in [3.05, 3.63) is 58.6 Å². The van der Waals surface area contributed by atoms with Crippen LogP contribution in [0.3, 0.4) is 0 Å². The first-order valence-corrected chi connectivity index (χ1v) is 7.22. The molecule has 0 aliphatic carbocycles. The maximum atomic E-state index is 12.0. The zero-order chi connectivity index (χ0) is 15.9. The molecule has 0 saturated carbocycles. The van der Waals surface area contributed by atoms with E-state index in [4.69, 9.17) is 21.1 Å². The summed E-state index contributed by atoms with van der Waals surface area (Å²) in [7, 11) is 3.19. The summed E-state index contributed by atoms with van der Waals surface area (Å²) in [5.41, 5.74) is 1.77. The second-order valence-corrected chi connectivity index (χ2v) is 5.20. The molecule has 1 N–H and O–H groups in total. The number of rotatable bonds is 6. The Balaban J connectivity index is 1.96. The SMILES string of the molecule is COc1ccc(CNC(=O)Cc2cccc(Cl)c2)c(OC)c1. The maximum Gasteiger partial charge on any atom is 0.224 e.